The van der Waals surface area contributed by atoms with Gasteiger partial charge in [0.2, 0.25) is 0 Å². The number of rotatable bonds is 22. The van der Waals surface area contributed by atoms with Crippen molar-refractivity contribution in [3.63, 3.8) is 0 Å². The quantitative estimate of drug-likeness (QED) is 0.0520. The molecule has 16 heteroatoms. The highest BCUT2D eigenvalue weighted by atomic mass is 16.6. The zero-order valence-electron chi connectivity index (χ0n) is 82.6. The number of hydrogen-bond donors (Lipinski definition) is 0. The van der Waals surface area contributed by atoms with E-state index in [0.29, 0.717) is 98.9 Å². The largest absolute Gasteiger partial charge is 0.456 e. The van der Waals surface area contributed by atoms with E-state index < -0.39 is 11.2 Å². The summed E-state index contributed by atoms with van der Waals surface area (Å²) in [4.78, 5) is 93.3. The predicted molar refractivity (Wildman–Crippen MR) is 527 cm³/mol. The Morgan fingerprint density at radius 1 is 0.368 bits per heavy atom. The summed E-state index contributed by atoms with van der Waals surface area (Å²) in [6, 6.07) is 24.9. The van der Waals surface area contributed by atoms with Gasteiger partial charge in [-0.1, -0.05) is 174 Å². The van der Waals surface area contributed by atoms with Crippen LogP contribution in [0.5, 0.6) is 0 Å². The lowest BCUT2D eigenvalue weighted by molar-refractivity contribution is -0.168. The lowest BCUT2D eigenvalue weighted by atomic mass is 9.73. The average Bonchev–Trinajstić information content (AvgIpc) is 1.59. The van der Waals surface area contributed by atoms with Crippen molar-refractivity contribution in [1.82, 2.24) is 0 Å². The zero-order valence-corrected chi connectivity index (χ0v) is 82.6. The van der Waals surface area contributed by atoms with Crippen LogP contribution in [-0.2, 0) is 87.5 Å². The van der Waals surface area contributed by atoms with Crippen LogP contribution in [0.1, 0.15) is 333 Å². The highest BCUT2D eigenvalue weighted by Gasteiger charge is 2.63. The maximum Gasteiger partial charge on any atom is 0.334 e. The van der Waals surface area contributed by atoms with Crippen LogP contribution in [-0.4, -0.2) is 81.4 Å². The summed E-state index contributed by atoms with van der Waals surface area (Å²) in [7, 11) is 0. The molecule has 0 aliphatic heterocycles. The lowest BCUT2D eigenvalue weighted by Crippen LogP contribution is -2.45. The number of fused-ring (bicyclic) bond motifs is 20. The van der Waals surface area contributed by atoms with E-state index in [-0.39, 0.29) is 88.8 Å². The molecular weight excluding hydrogens is 1660 g/mol. The molecule has 728 valence electrons. The van der Waals surface area contributed by atoms with Gasteiger partial charge in [0.15, 0.2) is 0 Å². The van der Waals surface area contributed by atoms with Crippen molar-refractivity contribution in [2.75, 3.05) is 0 Å². The third kappa shape index (κ3) is 21.9. The molecule has 17 fully saturated rings. The van der Waals surface area contributed by atoms with Gasteiger partial charge in [-0.2, -0.15) is 0 Å². The van der Waals surface area contributed by atoms with Crippen LogP contribution < -0.4 is 0 Å². The first-order chi connectivity index (χ1) is 62.6. The van der Waals surface area contributed by atoms with E-state index in [1.165, 1.54) is 189 Å². The summed E-state index contributed by atoms with van der Waals surface area (Å²) in [5.74, 6) is 11.4. The Bertz CT molecular complexity index is 4790. The van der Waals surface area contributed by atoms with Gasteiger partial charge in [-0.15, -0.1) is 0 Å². The number of carbonyl (C=O) groups is 8. The van der Waals surface area contributed by atoms with Crippen LogP contribution in [0.3, 0.4) is 0 Å². The van der Waals surface area contributed by atoms with Crippen LogP contribution in [0.2, 0.25) is 0 Å². The summed E-state index contributed by atoms with van der Waals surface area (Å²) < 4.78 is 46.0. The van der Waals surface area contributed by atoms with Gasteiger partial charge in [0.05, 0.1) is 0 Å². The minimum atomic E-state index is -0.472. The standard InChI is InChI=1S/C21H22O2.C16H18O2.C15H22O2.2C14H22O2.C13H20O2.C12H18O2.C11H16O2.CH4/c1-14(2)20(22)23-21(13-15-10-11-17(21)12-15)19-9-5-7-16-6-3-4-8-18(16)19;1-2-15(17)18-16(13-6-4-3-5-7-13)11-12-8-9-14(16)10-12;1-9(2)14(16)17-15(3)8-10-7-13(15)12-6-4-5-11(10)12;1-9(2)13(15)16-14(10(3)4)8-11-5-6-12(14)7-11;1-4-10(3)14(16-13(15)5-2)9-11-6-7-12(14)8-11;1-4-13(15-12(14)9(2)3)8-10-5-6-11(13)7-10;1-8(2)11(13)14-12(3)7-9-4-5-10(12)6-9;1-3-10(12)13-11(2)7-8-4-5-9(11)6-8;/h3-9,15,17H,1,10-13H2,2H3;2-7,12,14H,1,8-11H2;10-13H,1,4-8H2,2-3H3;10-12H,1,5-8H2,2-4H3;5,10-12H,2,4,6-9H2,1,3H3;10-11H,2,4-8H2,1,3H3;9-10H,1,4-7H2,2-3H3;3,8-9H,1,4-7H2,2H3;1H4. The van der Waals surface area contributed by atoms with E-state index in [1.54, 1.807) is 34.6 Å². The minimum Gasteiger partial charge on any atom is -0.456 e. The molecule has 0 radical (unpaired) electrons. The molecule has 133 heavy (non-hydrogen) atoms. The third-order valence-electron chi connectivity index (χ3n) is 36.3. The number of benzene rings is 3. The number of esters is 8. The molecule has 3 aromatic carbocycles. The van der Waals surface area contributed by atoms with E-state index >= 15 is 0 Å². The van der Waals surface area contributed by atoms with Gasteiger partial charge >= 0.3 is 47.8 Å². The Morgan fingerprint density at radius 3 is 1.20 bits per heavy atom. The van der Waals surface area contributed by atoms with Crippen molar-refractivity contribution in [3.05, 3.63) is 183 Å². The van der Waals surface area contributed by atoms with Crippen LogP contribution in [0.15, 0.2) is 172 Å². The van der Waals surface area contributed by atoms with E-state index in [1.807, 2.05) is 18.2 Å². The molecule has 17 saturated carbocycles. The Labute approximate surface area is 798 Å². The second kappa shape index (κ2) is 42.7. The summed E-state index contributed by atoms with van der Waals surface area (Å²) >= 11 is 0. The monoisotopic (exact) mass is 1830 g/mol. The summed E-state index contributed by atoms with van der Waals surface area (Å²) in [5, 5.41) is 2.41. The van der Waals surface area contributed by atoms with Crippen LogP contribution in [0.25, 0.3) is 10.8 Å². The molecule has 0 spiro atoms. The number of carbonyl (C=O) groups excluding carboxylic acids is 8. The van der Waals surface area contributed by atoms with Crippen LogP contribution in [0.4, 0.5) is 0 Å². The summed E-state index contributed by atoms with van der Waals surface area (Å²) in [6.45, 7) is 54.6. The number of hydrogen-bond acceptors (Lipinski definition) is 16. The van der Waals surface area contributed by atoms with Gasteiger partial charge < -0.3 is 37.9 Å². The van der Waals surface area contributed by atoms with Crippen LogP contribution >= 0.6 is 0 Å². The fourth-order valence-corrected chi connectivity index (χ4v) is 29.7. The van der Waals surface area contributed by atoms with Crippen molar-refractivity contribution >= 4 is 58.5 Å². The molecule has 16 bridgehead atoms. The van der Waals surface area contributed by atoms with Crippen molar-refractivity contribution in [2.24, 2.45) is 118 Å². The van der Waals surface area contributed by atoms with E-state index in [9.17, 15) is 38.4 Å². The molecule has 3 aromatic rings. The van der Waals surface area contributed by atoms with Crippen molar-refractivity contribution in [1.29, 1.82) is 0 Å². The Kier molecular flexibility index (Phi) is 33.2. The molecule has 0 N–H and O–H groups in total. The van der Waals surface area contributed by atoms with E-state index in [2.05, 4.69) is 163 Å². The molecule has 27 atom stereocenters. The van der Waals surface area contributed by atoms with E-state index in [4.69, 9.17) is 37.9 Å². The van der Waals surface area contributed by atoms with Gasteiger partial charge in [0.25, 0.3) is 0 Å². The molecular formula is C117H164O16. The minimum absolute atomic E-state index is 0. The highest BCUT2D eigenvalue weighted by molar-refractivity contribution is 5.91. The van der Waals surface area contributed by atoms with Gasteiger partial charge in [0, 0.05) is 69.4 Å². The van der Waals surface area contributed by atoms with Gasteiger partial charge in [-0.25, -0.2) is 38.4 Å². The average molecular weight is 1830 g/mol. The number of ether oxygens (including phenoxy) is 8. The van der Waals surface area contributed by atoms with Gasteiger partial charge in [-0.05, 0) is 391 Å². The topological polar surface area (TPSA) is 210 Å². The second-order valence-electron chi connectivity index (χ2n) is 45.3. The molecule has 20 rings (SSSR count). The van der Waals surface area contributed by atoms with Crippen molar-refractivity contribution < 1.29 is 76.3 Å². The maximum atomic E-state index is 12.4. The predicted octanol–water partition coefficient (Wildman–Crippen LogP) is 27.1. The maximum absolute atomic E-state index is 12.4. The normalized spacial score (nSPS) is 37.1. The Balaban J connectivity index is 0.000000138. The lowest BCUT2D eigenvalue weighted by Gasteiger charge is -2.41. The molecule has 16 nitrogen and oxygen atoms in total. The third-order valence-corrected chi connectivity index (χ3v) is 36.3. The van der Waals surface area contributed by atoms with Gasteiger partial charge in [-0.3, -0.25) is 0 Å². The SMILES string of the molecule is C.C=C(C)C(=O)OC1(C(C)C)CC2CCC1C2.C=C(C)C(=O)OC1(C)CC2CC1C1CCCC21.C=C(C)C(=O)OC1(C)CC2CCC1C2.C=C(C)C(=O)OC1(CC)CC2CCC1C2.C=C(C)C(=O)OC1(c2cccc3ccccc23)CC2CCC1C2.C=CC(=O)OC1(C(C)CC)CC2CCC1C2.C=CC(=O)OC1(C)CC2CCC1C2.C=CC(=O)OC1(c2ccccc2)CC2CCC1C2. The van der Waals surface area contributed by atoms with E-state index in [0.717, 1.165) is 124 Å². The summed E-state index contributed by atoms with van der Waals surface area (Å²) in [5.41, 5.74) is 2.90. The Hall–Kier alpha value is -8.40. The molecule has 0 amide bonds. The smallest absolute Gasteiger partial charge is 0.334 e. The molecule has 0 saturated heterocycles. The van der Waals surface area contributed by atoms with Gasteiger partial charge in [0.1, 0.15) is 44.8 Å². The highest BCUT2D eigenvalue weighted by Crippen LogP contribution is 2.66. The molecule has 0 aromatic heterocycles. The van der Waals surface area contributed by atoms with Crippen LogP contribution in [0, 0.1) is 118 Å². The zero-order chi connectivity index (χ0) is 95.4. The van der Waals surface area contributed by atoms with Crippen molar-refractivity contribution in [2.45, 2.75) is 367 Å². The fraction of sp³-hybridized carbons (Fsp3) is 0.658. The summed E-state index contributed by atoms with van der Waals surface area (Å²) in [6.07, 6.45) is 45.9. The first kappa shape index (κ1) is 104. The Morgan fingerprint density at radius 2 is 0.767 bits per heavy atom. The molecule has 17 aliphatic rings. The molecule has 27 unspecified atom stereocenters. The fourth-order valence-electron chi connectivity index (χ4n) is 29.7. The second-order valence-corrected chi connectivity index (χ2v) is 45.3. The molecule has 17 aliphatic carbocycles. The van der Waals surface area contributed by atoms with Crippen molar-refractivity contribution in [3.8, 4) is 0 Å². The first-order valence-electron chi connectivity index (χ1n) is 51.2. The first-order valence-corrected chi connectivity index (χ1v) is 51.2. The molecule has 0 heterocycles.